The van der Waals surface area contributed by atoms with Crippen molar-refractivity contribution in [3.05, 3.63) is 0 Å². The Hall–Kier alpha value is -0.0375. The Labute approximate surface area is 61.1 Å². The van der Waals surface area contributed by atoms with Gasteiger partial charge in [0.2, 0.25) is 16.3 Å². The smallest absolute Gasteiger partial charge is 0.239 e. The number of aliphatic imine (C=N–C) groups is 1. The van der Waals surface area contributed by atoms with Crippen LogP contribution in [0.4, 0.5) is 0 Å². The van der Waals surface area contributed by atoms with Crippen LogP contribution >= 0.6 is 11.6 Å². The van der Waals surface area contributed by atoms with Crippen molar-refractivity contribution in [2.75, 3.05) is 7.05 Å². The zero-order valence-corrected chi connectivity index (χ0v) is 6.31. The number of nitrogens with one attached hydrogen (secondary N) is 2. The van der Waals surface area contributed by atoms with Crippen LogP contribution in [0, 0.1) is 5.41 Å². The van der Waals surface area contributed by atoms with E-state index in [9.17, 15) is 0 Å². The molecule has 0 aliphatic rings. The van der Waals surface area contributed by atoms with Crippen LogP contribution in [0.25, 0.3) is 0 Å². The van der Waals surface area contributed by atoms with Gasteiger partial charge in [0.25, 0.3) is 0 Å². The van der Waals surface area contributed by atoms with Crippen molar-refractivity contribution in [3.8, 4) is 0 Å². The molecular weight excluding hydrogens is 140 g/mol. The first-order valence-corrected chi connectivity index (χ1v) is 2.85. The van der Waals surface area contributed by atoms with Gasteiger partial charge in [-0.3, -0.25) is 10.4 Å². The molecule has 8 heavy (non-hydrogen) atoms. The lowest BCUT2D eigenvalue weighted by Crippen LogP contribution is -2.25. The fraction of sp³-hybridized carbons (Fsp3) is 0.333. The van der Waals surface area contributed by atoms with Crippen molar-refractivity contribution < 1.29 is 0 Å². The second-order valence-electron chi connectivity index (χ2n) is 1.05. The highest BCUT2D eigenvalue weighted by Gasteiger charge is 1.86. The van der Waals surface area contributed by atoms with Gasteiger partial charge >= 0.3 is 0 Å². The van der Waals surface area contributed by atoms with E-state index in [-0.39, 0.29) is 5.29 Å². The second kappa shape index (κ2) is 3.90. The number of rotatable bonds is 0. The molecule has 0 aromatic carbocycles. The van der Waals surface area contributed by atoms with Crippen molar-refractivity contribution >= 4 is 37.9 Å². The first-order valence-electron chi connectivity index (χ1n) is 1.90. The second-order valence-corrected chi connectivity index (χ2v) is 1.97. The molecule has 0 saturated carbocycles. The van der Waals surface area contributed by atoms with E-state index in [2.05, 4.69) is 26.6 Å². The van der Waals surface area contributed by atoms with Crippen LogP contribution in [-0.4, -0.2) is 33.3 Å². The van der Waals surface area contributed by atoms with E-state index in [1.165, 1.54) is 0 Å². The zero-order valence-electron chi connectivity index (χ0n) is 4.40. The highest BCUT2D eigenvalue weighted by Crippen LogP contribution is 1.71. The summed E-state index contributed by atoms with van der Waals surface area (Å²) in [6, 6.07) is 0. The molecule has 0 aromatic rings. The van der Waals surface area contributed by atoms with Crippen LogP contribution in [0.2, 0.25) is 0 Å². The quantitative estimate of drug-likeness (QED) is 0.213. The molecule has 0 spiro atoms. The number of nitrogens with zero attached hydrogens (tertiary/aromatic N) is 1. The van der Waals surface area contributed by atoms with Crippen LogP contribution in [0.3, 0.4) is 0 Å². The number of halogens is 1. The van der Waals surface area contributed by atoms with Crippen LogP contribution in [0.15, 0.2) is 4.99 Å². The third-order valence-electron chi connectivity index (χ3n) is 0.479. The van der Waals surface area contributed by atoms with Gasteiger partial charge in [0, 0.05) is 7.05 Å². The van der Waals surface area contributed by atoms with E-state index in [4.69, 9.17) is 17.0 Å². The highest BCUT2D eigenvalue weighted by atomic mass is 35.5. The predicted molar refractivity (Wildman–Crippen MR) is 35.8 cm³/mol. The summed E-state index contributed by atoms with van der Waals surface area (Å²) >= 11 is 7.42. The molecule has 0 saturated heterocycles. The summed E-state index contributed by atoms with van der Waals surface area (Å²) in [5.41, 5.74) is 0. The van der Waals surface area contributed by atoms with Crippen molar-refractivity contribution in [1.29, 1.82) is 5.41 Å². The van der Waals surface area contributed by atoms with Crippen LogP contribution in [0.1, 0.15) is 0 Å². The summed E-state index contributed by atoms with van der Waals surface area (Å²) in [6.45, 7) is 0. The average Bonchev–Trinajstić information content (AvgIpc) is 1.65. The average molecular weight is 146 g/mol. The molecule has 42 valence electrons. The van der Waals surface area contributed by atoms with Gasteiger partial charge in [-0.25, -0.2) is 0 Å². The summed E-state index contributed by atoms with van der Waals surface area (Å²) < 4.78 is 0.560. The van der Waals surface area contributed by atoms with E-state index >= 15 is 0 Å². The molecule has 0 heterocycles. The lowest BCUT2D eigenvalue weighted by Gasteiger charge is -1.98. The fourth-order valence-corrected chi connectivity index (χ4v) is 0.501. The van der Waals surface area contributed by atoms with Crippen molar-refractivity contribution in [2.45, 2.75) is 0 Å². The Bertz CT molecular complexity index is 122. The molecule has 0 bridgehead atoms. The summed E-state index contributed by atoms with van der Waals surface area (Å²) in [7, 11) is 1.61. The monoisotopic (exact) mass is 145 g/mol. The predicted octanol–water partition coefficient (Wildman–Crippen LogP) is -0.0961. The van der Waals surface area contributed by atoms with Gasteiger partial charge in [-0.2, -0.15) is 0 Å². The van der Waals surface area contributed by atoms with Crippen molar-refractivity contribution in [3.63, 3.8) is 0 Å². The minimum Gasteiger partial charge on any atom is -0.337 e. The molecule has 0 rings (SSSR count). The fourth-order valence-electron chi connectivity index (χ4n) is 0.168. The molecule has 5 heteroatoms. The van der Waals surface area contributed by atoms with E-state index in [1.807, 2.05) is 0 Å². The normalized spacial score (nSPS) is 11.0. The molecule has 0 aliphatic carbocycles. The van der Waals surface area contributed by atoms with Gasteiger partial charge in [-0.05, 0) is 16.3 Å². The van der Waals surface area contributed by atoms with E-state index < -0.39 is 0 Å². The molecule has 2 N–H and O–H groups in total. The van der Waals surface area contributed by atoms with Crippen molar-refractivity contribution in [1.82, 2.24) is 5.32 Å². The first-order chi connectivity index (χ1) is 3.66. The van der Waals surface area contributed by atoms with Gasteiger partial charge in [-0.15, -0.1) is 0 Å². The standard InChI is InChI=1S/C3H5ClN3.Al/c1-6-2-7-3(4)5;/h1H3,(H2,5,6,7);. The van der Waals surface area contributed by atoms with E-state index in [1.54, 1.807) is 7.05 Å². The molecule has 0 fully saturated rings. The third-order valence-corrected chi connectivity index (χ3v) is 0.976. The SMILES string of the molecule is CN=[C]([Al])NC(=N)Cl. The summed E-state index contributed by atoms with van der Waals surface area (Å²) in [5, 5.41) is 9.02. The number of hydrogen-bond acceptors (Lipinski definition) is 2. The lowest BCUT2D eigenvalue weighted by molar-refractivity contribution is 1.31. The van der Waals surface area contributed by atoms with Gasteiger partial charge in [0.1, 0.15) is 0 Å². The molecule has 0 unspecified atom stereocenters. The van der Waals surface area contributed by atoms with E-state index in [0.29, 0.717) is 4.70 Å². The first kappa shape index (κ1) is 7.96. The summed E-state index contributed by atoms with van der Waals surface area (Å²) in [6.07, 6.45) is 0. The Balaban J connectivity index is 3.56. The van der Waals surface area contributed by atoms with Gasteiger partial charge in [0.15, 0.2) is 5.29 Å². The largest absolute Gasteiger partial charge is 0.337 e. The Morgan fingerprint density at radius 2 is 2.38 bits per heavy atom. The van der Waals surface area contributed by atoms with Crippen molar-refractivity contribution in [2.24, 2.45) is 4.99 Å². The zero-order chi connectivity index (χ0) is 6.57. The molecule has 0 aliphatic heterocycles. The maximum atomic E-state index is 6.69. The summed E-state index contributed by atoms with van der Waals surface area (Å²) in [4.78, 5) is 3.67. The molecule has 2 radical (unpaired) electrons. The maximum Gasteiger partial charge on any atom is 0.239 e. The number of hydrogen-bond donors (Lipinski definition) is 2. The van der Waals surface area contributed by atoms with Crippen LogP contribution < -0.4 is 5.32 Å². The van der Waals surface area contributed by atoms with Gasteiger partial charge in [-0.1, -0.05) is 0 Å². The maximum absolute atomic E-state index is 6.69. The minimum absolute atomic E-state index is 0.124. The lowest BCUT2D eigenvalue weighted by atomic mass is 11.1. The highest BCUT2D eigenvalue weighted by molar-refractivity contribution is 6.70. The van der Waals surface area contributed by atoms with Gasteiger partial charge in [0.05, 0.1) is 0 Å². The molecule has 0 amide bonds. The summed E-state index contributed by atoms with van der Waals surface area (Å²) in [5.74, 6) is 0. The van der Waals surface area contributed by atoms with Crippen LogP contribution in [0.5, 0.6) is 0 Å². The van der Waals surface area contributed by atoms with Crippen LogP contribution in [-0.2, 0) is 0 Å². The van der Waals surface area contributed by atoms with Gasteiger partial charge < -0.3 is 5.32 Å². The topological polar surface area (TPSA) is 48.2 Å². The van der Waals surface area contributed by atoms with E-state index in [0.717, 1.165) is 0 Å². The Morgan fingerprint density at radius 1 is 1.88 bits per heavy atom. The minimum atomic E-state index is -0.124. The molecular formula is C3H5AlClN3. The Kier molecular flexibility index (Phi) is 3.89. The Morgan fingerprint density at radius 3 is 2.50 bits per heavy atom. The molecule has 0 atom stereocenters. The molecule has 3 nitrogen and oxygen atoms in total. The molecule has 0 aromatic heterocycles. The number of amidine groups is 2. The third kappa shape index (κ3) is 4.13.